The maximum Gasteiger partial charge on any atom is 0.236 e. The molecular weight excluding hydrogens is 463 g/mol. The zero-order valence-electron chi connectivity index (χ0n) is 14.6. The third kappa shape index (κ3) is 3.16. The van der Waals surface area contributed by atoms with E-state index in [0.29, 0.717) is 36.5 Å². The van der Waals surface area contributed by atoms with Gasteiger partial charge in [0.15, 0.2) is 5.96 Å². The van der Waals surface area contributed by atoms with Gasteiger partial charge in [-0.25, -0.2) is 4.98 Å². The fraction of sp³-hybridized carbons (Fsp3) is 0.556. The number of halogens is 1. The molecule has 4 atom stereocenters. The van der Waals surface area contributed by atoms with Crippen LogP contribution in [-0.2, 0) is 11.3 Å². The van der Waals surface area contributed by atoms with E-state index < -0.39 is 0 Å². The van der Waals surface area contributed by atoms with Gasteiger partial charge in [-0.3, -0.25) is 4.99 Å². The molecule has 8 heteroatoms. The topological polar surface area (TPSA) is 62.9 Å². The lowest BCUT2D eigenvalue weighted by Crippen LogP contribution is -2.41. The normalized spacial score (nSPS) is 29.7. The minimum atomic E-state index is 0. The lowest BCUT2D eigenvalue weighted by atomic mass is 9.82. The van der Waals surface area contributed by atoms with Crippen LogP contribution in [0.5, 0.6) is 0 Å². The number of hydrogen-bond acceptors (Lipinski definition) is 5. The lowest BCUT2D eigenvalue weighted by molar-refractivity contribution is 0.0767. The van der Waals surface area contributed by atoms with Gasteiger partial charge < -0.3 is 19.4 Å². The Balaban J connectivity index is 0.00000168. The molecule has 3 aliphatic rings. The van der Waals surface area contributed by atoms with Crippen LogP contribution in [0.3, 0.4) is 0 Å². The van der Waals surface area contributed by atoms with E-state index in [1.54, 1.807) is 17.6 Å². The van der Waals surface area contributed by atoms with Crippen LogP contribution in [0.25, 0.3) is 10.8 Å². The summed E-state index contributed by atoms with van der Waals surface area (Å²) in [4.78, 5) is 12.5. The van der Waals surface area contributed by atoms with Crippen molar-refractivity contribution < 1.29 is 9.15 Å². The molecule has 2 aromatic rings. The van der Waals surface area contributed by atoms with Crippen LogP contribution in [0.15, 0.2) is 33.2 Å². The van der Waals surface area contributed by atoms with Crippen LogP contribution in [0, 0.1) is 11.8 Å². The SMILES string of the molecule is CN=C(NCc1coc(-c2cccs2)n1)N1CC2C3CCC(O3)C2C1.I. The highest BCUT2D eigenvalue weighted by Crippen LogP contribution is 2.47. The van der Waals surface area contributed by atoms with Crippen molar-refractivity contribution in [3.8, 4) is 10.8 Å². The number of fused-ring (bicyclic) bond motifs is 5. The van der Waals surface area contributed by atoms with Crippen LogP contribution in [0.1, 0.15) is 18.5 Å². The molecule has 3 aliphatic heterocycles. The molecule has 2 bridgehead atoms. The van der Waals surface area contributed by atoms with Crippen molar-refractivity contribution in [1.82, 2.24) is 15.2 Å². The zero-order chi connectivity index (χ0) is 16.8. The lowest BCUT2D eigenvalue weighted by Gasteiger charge is -2.23. The number of ether oxygens (including phenoxy) is 1. The minimum absolute atomic E-state index is 0. The summed E-state index contributed by atoms with van der Waals surface area (Å²) in [6.07, 6.45) is 5.14. The number of aromatic nitrogens is 1. The first kappa shape index (κ1) is 18.2. The molecule has 0 saturated carbocycles. The molecule has 0 aliphatic carbocycles. The summed E-state index contributed by atoms with van der Waals surface area (Å²) in [5.41, 5.74) is 0.896. The van der Waals surface area contributed by atoms with Crippen LogP contribution in [0.2, 0.25) is 0 Å². The Morgan fingerprint density at radius 2 is 2.12 bits per heavy atom. The summed E-state index contributed by atoms with van der Waals surface area (Å²) in [5.74, 6) is 2.99. The van der Waals surface area contributed by atoms with E-state index in [4.69, 9.17) is 9.15 Å². The first-order valence-electron chi connectivity index (χ1n) is 8.91. The number of guanidine groups is 1. The van der Waals surface area contributed by atoms with Crippen LogP contribution in [-0.4, -0.2) is 48.2 Å². The van der Waals surface area contributed by atoms with E-state index in [0.717, 1.165) is 29.6 Å². The standard InChI is InChI=1S/C18H22N4O2S.HI/c1-19-18(22-8-12-13(9-22)15-5-4-14(12)24-15)20-7-11-10-23-17(21-11)16-3-2-6-25-16;/h2-3,6,10,12-15H,4-5,7-9H2,1H3,(H,19,20);1H. The van der Waals surface area contributed by atoms with E-state index in [1.807, 2.05) is 24.6 Å². The van der Waals surface area contributed by atoms with Gasteiger partial charge >= 0.3 is 0 Å². The molecule has 0 aromatic carbocycles. The Labute approximate surface area is 174 Å². The van der Waals surface area contributed by atoms with Crippen LogP contribution >= 0.6 is 35.3 Å². The van der Waals surface area contributed by atoms with Gasteiger partial charge in [0.25, 0.3) is 0 Å². The highest BCUT2D eigenvalue weighted by atomic mass is 127. The van der Waals surface area contributed by atoms with E-state index in [1.165, 1.54) is 12.8 Å². The van der Waals surface area contributed by atoms with Gasteiger partial charge in [-0.2, -0.15) is 0 Å². The summed E-state index contributed by atoms with van der Waals surface area (Å²) in [6, 6.07) is 4.02. The zero-order valence-corrected chi connectivity index (χ0v) is 17.8. The molecule has 2 aromatic heterocycles. The predicted molar refractivity (Wildman–Crippen MR) is 112 cm³/mol. The molecule has 1 N–H and O–H groups in total. The van der Waals surface area contributed by atoms with Gasteiger partial charge in [0, 0.05) is 32.0 Å². The monoisotopic (exact) mass is 486 g/mol. The fourth-order valence-electron chi connectivity index (χ4n) is 4.54. The maximum atomic E-state index is 6.06. The van der Waals surface area contributed by atoms with Crippen molar-refractivity contribution in [3.05, 3.63) is 29.5 Å². The molecule has 0 spiro atoms. The number of oxazole rings is 1. The Bertz CT molecular complexity index is 760. The second kappa shape index (κ2) is 7.47. The molecule has 3 fully saturated rings. The number of rotatable bonds is 3. The van der Waals surface area contributed by atoms with Crippen molar-refractivity contribution in [2.45, 2.75) is 31.6 Å². The number of nitrogens with one attached hydrogen (secondary N) is 1. The number of hydrogen-bond donors (Lipinski definition) is 1. The highest BCUT2D eigenvalue weighted by Gasteiger charge is 2.53. The molecule has 4 unspecified atom stereocenters. The Kier molecular flexibility index (Phi) is 5.24. The summed E-state index contributed by atoms with van der Waals surface area (Å²) in [5, 5.41) is 5.47. The first-order chi connectivity index (χ1) is 12.3. The molecule has 5 heterocycles. The summed E-state index contributed by atoms with van der Waals surface area (Å²) >= 11 is 1.63. The Morgan fingerprint density at radius 3 is 2.77 bits per heavy atom. The first-order valence-corrected chi connectivity index (χ1v) is 9.79. The third-order valence-corrected chi connectivity index (χ3v) is 6.53. The van der Waals surface area contributed by atoms with Gasteiger partial charge in [0.05, 0.1) is 29.3 Å². The van der Waals surface area contributed by atoms with Crippen LogP contribution in [0.4, 0.5) is 0 Å². The van der Waals surface area contributed by atoms with E-state index in [2.05, 4.69) is 20.2 Å². The molecule has 140 valence electrons. The fourth-order valence-corrected chi connectivity index (χ4v) is 5.19. The smallest absolute Gasteiger partial charge is 0.236 e. The molecule has 0 radical (unpaired) electrons. The largest absolute Gasteiger partial charge is 0.443 e. The molecule has 0 amide bonds. The van der Waals surface area contributed by atoms with Gasteiger partial charge in [0.1, 0.15) is 6.26 Å². The highest BCUT2D eigenvalue weighted by molar-refractivity contribution is 14.0. The number of aliphatic imine (C=N–C) groups is 1. The van der Waals surface area contributed by atoms with Crippen LogP contribution < -0.4 is 5.32 Å². The average Bonchev–Trinajstić information content (AvgIpc) is 3.42. The van der Waals surface area contributed by atoms with Crippen molar-refractivity contribution >= 4 is 41.3 Å². The molecule has 5 rings (SSSR count). The Morgan fingerprint density at radius 1 is 1.35 bits per heavy atom. The molecule has 3 saturated heterocycles. The number of nitrogens with zero attached hydrogens (tertiary/aromatic N) is 3. The van der Waals surface area contributed by atoms with Gasteiger partial charge in [-0.05, 0) is 24.3 Å². The second-order valence-corrected chi connectivity index (χ2v) is 7.99. The third-order valence-electron chi connectivity index (χ3n) is 5.68. The number of likely N-dealkylation sites (tertiary alicyclic amines) is 1. The molecule has 6 nitrogen and oxygen atoms in total. The van der Waals surface area contributed by atoms with Gasteiger partial charge in [-0.1, -0.05) is 6.07 Å². The quantitative estimate of drug-likeness (QED) is 0.410. The van der Waals surface area contributed by atoms with E-state index in [-0.39, 0.29) is 24.0 Å². The van der Waals surface area contributed by atoms with Gasteiger partial charge in [0.2, 0.25) is 5.89 Å². The minimum Gasteiger partial charge on any atom is -0.443 e. The molecule has 26 heavy (non-hydrogen) atoms. The predicted octanol–water partition coefficient (Wildman–Crippen LogP) is 3.21. The van der Waals surface area contributed by atoms with E-state index >= 15 is 0 Å². The Hall–Kier alpha value is -1.13. The van der Waals surface area contributed by atoms with Gasteiger partial charge in [-0.15, -0.1) is 35.3 Å². The average molecular weight is 486 g/mol. The summed E-state index contributed by atoms with van der Waals surface area (Å²) in [6.45, 7) is 2.71. The van der Waals surface area contributed by atoms with Crippen molar-refractivity contribution in [1.29, 1.82) is 0 Å². The van der Waals surface area contributed by atoms with E-state index in [9.17, 15) is 0 Å². The van der Waals surface area contributed by atoms with Crippen molar-refractivity contribution in [2.24, 2.45) is 16.8 Å². The number of thiophene rings is 1. The summed E-state index contributed by atoms with van der Waals surface area (Å²) in [7, 11) is 1.85. The summed E-state index contributed by atoms with van der Waals surface area (Å²) < 4.78 is 11.6. The second-order valence-electron chi connectivity index (χ2n) is 7.05. The van der Waals surface area contributed by atoms with Crippen molar-refractivity contribution in [3.63, 3.8) is 0 Å². The van der Waals surface area contributed by atoms with Crippen molar-refractivity contribution in [2.75, 3.05) is 20.1 Å². The molecular formula is C18H23IN4O2S. The maximum absolute atomic E-state index is 6.06.